The van der Waals surface area contributed by atoms with Crippen LogP contribution in [0.5, 0.6) is 0 Å². The first-order valence-electron chi connectivity index (χ1n) is 4.11. The van der Waals surface area contributed by atoms with Gasteiger partial charge in [-0.15, -0.1) is 5.10 Å². The average molecular weight is 184 g/mol. The Kier molecular flexibility index (Phi) is 3.11. The fourth-order valence-corrected chi connectivity index (χ4v) is 0.899. The van der Waals surface area contributed by atoms with Crippen LogP contribution in [0.2, 0.25) is 0 Å². The summed E-state index contributed by atoms with van der Waals surface area (Å²) in [5, 5.41) is 7.01. The number of aromatic nitrogens is 3. The van der Waals surface area contributed by atoms with Gasteiger partial charge in [0.15, 0.2) is 6.80 Å². The van der Waals surface area contributed by atoms with Gasteiger partial charge in [-0.05, 0) is 0 Å². The minimum atomic E-state index is -0.735. The maximum atomic E-state index is 12.2. The lowest BCUT2D eigenvalue weighted by Gasteiger charge is -2.03. The Balaban J connectivity index is 2.68. The number of rotatable bonds is 4. The van der Waals surface area contributed by atoms with Crippen molar-refractivity contribution in [2.24, 2.45) is 5.92 Å². The Morgan fingerprint density at radius 2 is 2.38 bits per heavy atom. The first-order valence-corrected chi connectivity index (χ1v) is 4.11. The van der Waals surface area contributed by atoms with E-state index in [2.05, 4.69) is 10.3 Å². The Morgan fingerprint density at radius 1 is 1.69 bits per heavy atom. The highest BCUT2D eigenvalue weighted by Crippen LogP contribution is 2.04. The molecule has 1 heterocycles. The molecule has 5 heteroatoms. The van der Waals surface area contributed by atoms with Gasteiger partial charge >= 0.3 is 0 Å². The van der Waals surface area contributed by atoms with Crippen molar-refractivity contribution in [1.82, 2.24) is 15.0 Å². The predicted octanol–water partition coefficient (Wildman–Crippen LogP) is 0.973. The molecule has 0 saturated carbocycles. The summed E-state index contributed by atoms with van der Waals surface area (Å²) in [5.74, 6) is 0.0277. The van der Waals surface area contributed by atoms with Crippen LogP contribution in [0.3, 0.4) is 0 Å². The van der Waals surface area contributed by atoms with Crippen molar-refractivity contribution >= 4 is 5.78 Å². The molecule has 0 radical (unpaired) electrons. The summed E-state index contributed by atoms with van der Waals surface area (Å²) in [6.45, 7) is 2.89. The van der Waals surface area contributed by atoms with E-state index in [0.29, 0.717) is 5.69 Å². The number of alkyl halides is 1. The van der Waals surface area contributed by atoms with Gasteiger partial charge in [0.1, 0.15) is 5.78 Å². The molecule has 4 nitrogen and oxygen atoms in total. The zero-order chi connectivity index (χ0) is 9.84. The number of halogens is 1. The highest BCUT2D eigenvalue weighted by atomic mass is 18.2. The van der Waals surface area contributed by atoms with Gasteiger partial charge in [0, 0.05) is 5.92 Å². The van der Waals surface area contributed by atoms with Crippen molar-refractivity contribution < 1.29 is 9.18 Å². The SMILES string of the molecule is CC(C)C(=O)Cc1cnnn1C[18F]. The second kappa shape index (κ2) is 4.11. The molecule has 13 heavy (non-hydrogen) atoms. The van der Waals surface area contributed by atoms with Crippen molar-refractivity contribution in [2.45, 2.75) is 27.1 Å². The van der Waals surface area contributed by atoms with Gasteiger partial charge < -0.3 is 0 Å². The van der Waals surface area contributed by atoms with Crippen LogP contribution in [0.4, 0.5) is 4.39 Å². The lowest BCUT2D eigenvalue weighted by Crippen LogP contribution is -2.13. The number of hydrogen-bond donors (Lipinski definition) is 0. The van der Waals surface area contributed by atoms with Crippen LogP contribution < -0.4 is 0 Å². The third-order valence-electron chi connectivity index (χ3n) is 1.81. The van der Waals surface area contributed by atoms with Crippen LogP contribution in [0, 0.1) is 5.92 Å². The molecule has 72 valence electrons. The van der Waals surface area contributed by atoms with E-state index in [1.54, 1.807) is 0 Å². The van der Waals surface area contributed by atoms with E-state index >= 15 is 0 Å². The first-order chi connectivity index (χ1) is 6.15. The van der Waals surface area contributed by atoms with Crippen molar-refractivity contribution in [2.75, 3.05) is 0 Å². The number of ketones is 1. The molecule has 1 rings (SSSR count). The molecule has 0 aromatic carbocycles. The van der Waals surface area contributed by atoms with E-state index in [9.17, 15) is 9.18 Å². The van der Waals surface area contributed by atoms with E-state index < -0.39 is 6.80 Å². The van der Waals surface area contributed by atoms with Gasteiger partial charge in [-0.2, -0.15) is 0 Å². The van der Waals surface area contributed by atoms with E-state index in [1.807, 2.05) is 13.8 Å². The third-order valence-corrected chi connectivity index (χ3v) is 1.81. The number of carbonyl (C=O) groups excluding carboxylic acids is 1. The quantitative estimate of drug-likeness (QED) is 0.700. The van der Waals surface area contributed by atoms with Gasteiger partial charge in [0.05, 0.1) is 18.3 Å². The zero-order valence-corrected chi connectivity index (χ0v) is 7.70. The first kappa shape index (κ1) is 9.83. The molecule has 0 bridgehead atoms. The van der Waals surface area contributed by atoms with Gasteiger partial charge in [-0.25, -0.2) is 9.07 Å². The van der Waals surface area contributed by atoms with Crippen molar-refractivity contribution in [3.63, 3.8) is 0 Å². The molecule has 0 amide bonds. The second-order valence-corrected chi connectivity index (χ2v) is 3.14. The van der Waals surface area contributed by atoms with Crippen molar-refractivity contribution in [3.8, 4) is 0 Å². The fraction of sp³-hybridized carbons (Fsp3) is 0.625. The van der Waals surface area contributed by atoms with Crippen molar-refractivity contribution in [1.29, 1.82) is 0 Å². The van der Waals surface area contributed by atoms with Crippen LogP contribution in [-0.4, -0.2) is 20.8 Å². The Labute approximate surface area is 75.7 Å². The molecular weight excluding hydrogens is 172 g/mol. The molecule has 0 aliphatic heterocycles. The fourth-order valence-electron chi connectivity index (χ4n) is 0.899. The zero-order valence-electron chi connectivity index (χ0n) is 7.70. The van der Waals surface area contributed by atoms with Crippen LogP contribution in [0.25, 0.3) is 0 Å². The molecular formula is C8H12FN3O. The maximum absolute atomic E-state index is 12.2. The topological polar surface area (TPSA) is 47.8 Å². The van der Waals surface area contributed by atoms with Gasteiger partial charge in [-0.1, -0.05) is 19.1 Å². The molecule has 0 fully saturated rings. The van der Waals surface area contributed by atoms with E-state index in [-0.39, 0.29) is 18.1 Å². The maximum Gasteiger partial charge on any atom is 0.183 e. The predicted molar refractivity (Wildman–Crippen MR) is 44.7 cm³/mol. The van der Waals surface area contributed by atoms with Crippen molar-refractivity contribution in [3.05, 3.63) is 11.9 Å². The molecule has 1 aromatic rings. The van der Waals surface area contributed by atoms with E-state index in [0.717, 1.165) is 4.68 Å². The molecule has 1 aromatic heterocycles. The highest BCUT2D eigenvalue weighted by molar-refractivity contribution is 5.82. The minimum Gasteiger partial charge on any atom is -0.299 e. The summed E-state index contributed by atoms with van der Waals surface area (Å²) >= 11 is 0. The lowest BCUT2D eigenvalue weighted by molar-refractivity contribution is -0.121. The number of Topliss-reactive ketones (excluding diaryl/α,β-unsaturated/α-hetero) is 1. The lowest BCUT2D eigenvalue weighted by atomic mass is 10.1. The second-order valence-electron chi connectivity index (χ2n) is 3.14. The summed E-state index contributed by atoms with van der Waals surface area (Å²) < 4.78 is 13.3. The number of nitrogens with zero attached hydrogens (tertiary/aromatic N) is 3. The molecule has 0 saturated heterocycles. The Hall–Kier alpha value is -1.26. The van der Waals surface area contributed by atoms with Gasteiger partial charge in [0.2, 0.25) is 0 Å². The standard InChI is InChI=1S/C8H12FN3O/c1-6(2)8(13)3-7-4-10-11-12(7)5-9/h4,6H,3,5H2,1-2H3/i9-1. The van der Waals surface area contributed by atoms with Crippen LogP contribution in [-0.2, 0) is 18.0 Å². The molecule has 0 N–H and O–H groups in total. The van der Waals surface area contributed by atoms with Gasteiger partial charge in [0.25, 0.3) is 0 Å². The third kappa shape index (κ3) is 2.34. The monoisotopic (exact) mass is 184 g/mol. The molecule has 0 aliphatic carbocycles. The van der Waals surface area contributed by atoms with E-state index in [4.69, 9.17) is 0 Å². The molecule has 0 spiro atoms. The Bertz CT molecular complexity index is 295. The molecule has 0 unspecified atom stereocenters. The largest absolute Gasteiger partial charge is 0.299 e. The molecule has 0 atom stereocenters. The normalized spacial score (nSPS) is 10.8. The highest BCUT2D eigenvalue weighted by Gasteiger charge is 2.12. The average Bonchev–Trinajstić information content (AvgIpc) is 2.51. The van der Waals surface area contributed by atoms with Gasteiger partial charge in [-0.3, -0.25) is 4.79 Å². The van der Waals surface area contributed by atoms with Crippen LogP contribution in [0.1, 0.15) is 19.5 Å². The summed E-state index contributed by atoms with van der Waals surface area (Å²) in [4.78, 5) is 11.3. The van der Waals surface area contributed by atoms with E-state index in [1.165, 1.54) is 6.20 Å². The van der Waals surface area contributed by atoms with Crippen LogP contribution in [0.15, 0.2) is 6.20 Å². The number of carbonyl (C=O) groups is 1. The summed E-state index contributed by atoms with van der Waals surface area (Å²) in [7, 11) is 0. The van der Waals surface area contributed by atoms with Crippen LogP contribution >= 0.6 is 0 Å². The Morgan fingerprint density at radius 3 is 2.92 bits per heavy atom. The smallest absolute Gasteiger partial charge is 0.183 e. The number of hydrogen-bond acceptors (Lipinski definition) is 3. The summed E-state index contributed by atoms with van der Waals surface area (Å²) in [5.41, 5.74) is 0.529. The summed E-state index contributed by atoms with van der Waals surface area (Å²) in [6.07, 6.45) is 1.62. The summed E-state index contributed by atoms with van der Waals surface area (Å²) in [6, 6.07) is 0. The molecule has 0 aliphatic rings. The minimum absolute atomic E-state index is 0.0389.